The van der Waals surface area contributed by atoms with Crippen LogP contribution >= 0.6 is 0 Å². The Hall–Kier alpha value is -3.80. The van der Waals surface area contributed by atoms with E-state index < -0.39 is 11.6 Å². The number of ether oxygens (including phenoxy) is 2. The van der Waals surface area contributed by atoms with Crippen molar-refractivity contribution < 1.29 is 9.47 Å². The number of para-hydroxylation sites is 1. The van der Waals surface area contributed by atoms with Crippen molar-refractivity contribution in [3.8, 4) is 17.4 Å². The summed E-state index contributed by atoms with van der Waals surface area (Å²) < 4.78 is 14.3. The van der Waals surface area contributed by atoms with Gasteiger partial charge in [0, 0.05) is 25.2 Å². The number of hydrogen-bond donors (Lipinski definition) is 0. The van der Waals surface area contributed by atoms with Crippen LogP contribution < -0.4 is 20.7 Å². The molecule has 0 amide bonds. The van der Waals surface area contributed by atoms with Gasteiger partial charge in [0.15, 0.2) is 0 Å². The topological polar surface area (TPSA) is 62.5 Å². The first-order valence-electron chi connectivity index (χ1n) is 9.65. The summed E-state index contributed by atoms with van der Waals surface area (Å²) in [5, 5.41) is 2.04. The maximum absolute atomic E-state index is 13.3. The molecular formula is C24H20N2O4. The Morgan fingerprint density at radius 3 is 2.40 bits per heavy atom. The van der Waals surface area contributed by atoms with Gasteiger partial charge in [-0.2, -0.15) is 0 Å². The van der Waals surface area contributed by atoms with E-state index in [1.807, 2.05) is 60.7 Å². The average molecular weight is 400 g/mol. The molecule has 3 aromatic carbocycles. The summed E-state index contributed by atoms with van der Waals surface area (Å²) in [6.07, 6.45) is 0. The normalized spacial score (nSPS) is 14.7. The molecule has 1 aliphatic rings. The second-order valence-corrected chi connectivity index (χ2v) is 7.40. The van der Waals surface area contributed by atoms with Crippen molar-refractivity contribution in [1.29, 1.82) is 0 Å². The van der Waals surface area contributed by atoms with Crippen LogP contribution in [0.2, 0.25) is 0 Å². The van der Waals surface area contributed by atoms with Crippen LogP contribution in [0.4, 0.5) is 0 Å². The zero-order valence-corrected chi connectivity index (χ0v) is 16.9. The van der Waals surface area contributed by atoms with Crippen molar-refractivity contribution in [3.63, 3.8) is 0 Å². The van der Waals surface area contributed by atoms with Gasteiger partial charge in [-0.15, -0.1) is 0 Å². The Bertz CT molecular complexity index is 1430. The molecule has 0 spiro atoms. The molecule has 0 radical (unpaired) electrons. The van der Waals surface area contributed by atoms with Crippen LogP contribution in [0, 0.1) is 0 Å². The van der Waals surface area contributed by atoms with Gasteiger partial charge in [-0.25, -0.2) is 4.79 Å². The molecule has 0 saturated carbocycles. The fourth-order valence-electron chi connectivity index (χ4n) is 4.35. The van der Waals surface area contributed by atoms with Gasteiger partial charge < -0.3 is 9.47 Å². The van der Waals surface area contributed by atoms with Gasteiger partial charge in [0.05, 0.1) is 18.6 Å². The number of hydrogen-bond acceptors (Lipinski definition) is 4. The second kappa shape index (κ2) is 6.62. The lowest BCUT2D eigenvalue weighted by Gasteiger charge is -2.31. The Kier molecular flexibility index (Phi) is 4.03. The Labute approximate surface area is 172 Å². The van der Waals surface area contributed by atoms with Gasteiger partial charge in [-0.05, 0) is 22.9 Å². The number of rotatable bonds is 2. The summed E-state index contributed by atoms with van der Waals surface area (Å²) in [7, 11) is 4.72. The molecule has 6 heteroatoms. The van der Waals surface area contributed by atoms with Crippen LogP contribution in [0.1, 0.15) is 22.6 Å². The van der Waals surface area contributed by atoms with Crippen LogP contribution in [-0.2, 0) is 14.1 Å². The molecule has 0 N–H and O–H groups in total. The smallest absolute Gasteiger partial charge is 0.333 e. The lowest BCUT2D eigenvalue weighted by Crippen LogP contribution is -2.41. The van der Waals surface area contributed by atoms with Crippen molar-refractivity contribution >= 4 is 10.8 Å². The van der Waals surface area contributed by atoms with E-state index in [9.17, 15) is 9.59 Å². The first-order chi connectivity index (χ1) is 14.5. The fraction of sp³-hybridized carbons (Fsp3) is 0.167. The lowest BCUT2D eigenvalue weighted by atomic mass is 9.81. The number of benzene rings is 3. The number of aromatic nitrogens is 2. The summed E-state index contributed by atoms with van der Waals surface area (Å²) in [6, 6.07) is 19.5. The highest BCUT2D eigenvalue weighted by atomic mass is 16.5. The molecule has 1 aromatic heterocycles. The Morgan fingerprint density at radius 1 is 0.867 bits per heavy atom. The molecule has 6 nitrogen and oxygen atoms in total. The minimum absolute atomic E-state index is 0.266. The molecule has 1 aliphatic heterocycles. The largest absolute Gasteiger partial charge is 0.496 e. The summed E-state index contributed by atoms with van der Waals surface area (Å²) in [5.41, 5.74) is 1.36. The molecule has 1 atom stereocenters. The molecule has 1 unspecified atom stereocenters. The summed E-state index contributed by atoms with van der Waals surface area (Å²) >= 11 is 0. The zero-order chi connectivity index (χ0) is 21.0. The third kappa shape index (κ3) is 2.43. The summed E-state index contributed by atoms with van der Waals surface area (Å²) in [4.78, 5) is 25.9. The van der Waals surface area contributed by atoms with Gasteiger partial charge in [-0.1, -0.05) is 48.5 Å². The molecule has 2 heterocycles. The summed E-state index contributed by atoms with van der Waals surface area (Å²) in [6.45, 7) is 0. The molecule has 5 rings (SSSR count). The van der Waals surface area contributed by atoms with E-state index in [0.717, 1.165) is 26.5 Å². The van der Waals surface area contributed by atoms with Crippen LogP contribution in [0.25, 0.3) is 10.8 Å². The Balaban J connectivity index is 1.97. The lowest BCUT2D eigenvalue weighted by molar-refractivity contribution is 0.388. The number of methoxy groups -OCH3 is 1. The van der Waals surface area contributed by atoms with Gasteiger partial charge >= 0.3 is 5.69 Å². The average Bonchev–Trinajstić information content (AvgIpc) is 2.79. The standard InChI is InChI=1S/C24H20N2O4/c1-25-22(27)21-20(16-10-6-7-11-17(16)29-3)19-15-9-5-4-8-14(15)12-13-18(19)30-23(21)26(2)24(25)28/h4-13,20H,1-3H3. The molecule has 30 heavy (non-hydrogen) atoms. The maximum Gasteiger partial charge on any atom is 0.333 e. The minimum atomic E-state index is -0.448. The van der Waals surface area contributed by atoms with Crippen molar-refractivity contribution in [2.75, 3.05) is 7.11 Å². The van der Waals surface area contributed by atoms with E-state index in [0.29, 0.717) is 17.1 Å². The maximum atomic E-state index is 13.3. The number of fused-ring (bicyclic) bond motifs is 4. The van der Waals surface area contributed by atoms with Crippen molar-refractivity contribution in [2.45, 2.75) is 5.92 Å². The molecule has 0 fully saturated rings. The fourth-order valence-corrected chi connectivity index (χ4v) is 4.35. The molecule has 0 saturated heterocycles. The second-order valence-electron chi connectivity index (χ2n) is 7.40. The number of nitrogens with zero attached hydrogens (tertiary/aromatic N) is 2. The highest BCUT2D eigenvalue weighted by Gasteiger charge is 2.36. The quantitative estimate of drug-likeness (QED) is 0.455. The first-order valence-corrected chi connectivity index (χ1v) is 9.65. The van der Waals surface area contributed by atoms with Crippen molar-refractivity contribution in [1.82, 2.24) is 9.13 Å². The Morgan fingerprint density at radius 2 is 1.60 bits per heavy atom. The van der Waals surface area contributed by atoms with E-state index in [1.54, 1.807) is 14.2 Å². The van der Waals surface area contributed by atoms with Crippen LogP contribution in [0.5, 0.6) is 17.4 Å². The first kappa shape index (κ1) is 18.2. The molecule has 4 aromatic rings. The third-order valence-corrected chi connectivity index (χ3v) is 5.81. The monoisotopic (exact) mass is 400 g/mol. The molecule has 0 bridgehead atoms. The van der Waals surface area contributed by atoms with E-state index in [-0.39, 0.29) is 11.4 Å². The molecule has 150 valence electrons. The van der Waals surface area contributed by atoms with E-state index in [4.69, 9.17) is 9.47 Å². The third-order valence-electron chi connectivity index (χ3n) is 5.81. The zero-order valence-electron chi connectivity index (χ0n) is 16.9. The highest BCUT2D eigenvalue weighted by molar-refractivity contribution is 5.90. The van der Waals surface area contributed by atoms with Crippen LogP contribution in [0.3, 0.4) is 0 Å². The predicted octanol–water partition coefficient (Wildman–Crippen LogP) is 3.53. The minimum Gasteiger partial charge on any atom is -0.496 e. The summed E-state index contributed by atoms with van der Waals surface area (Å²) in [5.74, 6) is 1.11. The highest BCUT2D eigenvalue weighted by Crippen LogP contribution is 2.49. The molecular weight excluding hydrogens is 380 g/mol. The SMILES string of the molecule is COc1ccccc1C1c2c(n(C)c(=O)n(C)c2=O)Oc2ccc3ccccc3c21. The van der Waals surface area contributed by atoms with Crippen molar-refractivity contribution in [3.05, 3.63) is 98.2 Å². The van der Waals surface area contributed by atoms with Crippen LogP contribution in [0.15, 0.2) is 70.3 Å². The van der Waals surface area contributed by atoms with E-state index in [2.05, 4.69) is 0 Å². The molecule has 0 aliphatic carbocycles. The van der Waals surface area contributed by atoms with Gasteiger partial charge in [-0.3, -0.25) is 13.9 Å². The van der Waals surface area contributed by atoms with Crippen LogP contribution in [-0.4, -0.2) is 16.2 Å². The van der Waals surface area contributed by atoms with E-state index >= 15 is 0 Å². The van der Waals surface area contributed by atoms with Crippen molar-refractivity contribution in [2.24, 2.45) is 14.1 Å². The van der Waals surface area contributed by atoms with E-state index in [1.165, 1.54) is 11.6 Å². The van der Waals surface area contributed by atoms with Gasteiger partial charge in [0.2, 0.25) is 5.88 Å². The predicted molar refractivity (Wildman–Crippen MR) is 115 cm³/mol. The van der Waals surface area contributed by atoms with Gasteiger partial charge in [0.1, 0.15) is 11.5 Å². The van der Waals surface area contributed by atoms with Gasteiger partial charge in [0.25, 0.3) is 5.56 Å².